The van der Waals surface area contributed by atoms with Crippen LogP contribution >= 0.6 is 0 Å². The van der Waals surface area contributed by atoms with Crippen LogP contribution in [0.5, 0.6) is 0 Å². The van der Waals surface area contributed by atoms with Crippen molar-refractivity contribution < 1.29 is 4.79 Å². The smallest absolute Gasteiger partial charge is 0.238 e. The molecule has 2 rings (SSSR count). The minimum absolute atomic E-state index is 0.0508. The minimum Gasteiger partial charge on any atom is -0.289 e. The van der Waals surface area contributed by atoms with Crippen molar-refractivity contribution in [3.05, 3.63) is 30.1 Å². The molecule has 16 heavy (non-hydrogen) atoms. The average Bonchev–Trinajstić information content (AvgIpc) is 2.31. The second-order valence-electron chi connectivity index (χ2n) is 4.12. The molecule has 2 heterocycles. The normalized spacial score (nSPS) is 17.0. The molecule has 86 valence electrons. The molecular weight excluding hydrogens is 202 g/mol. The van der Waals surface area contributed by atoms with Crippen LogP contribution in [0.25, 0.3) is 0 Å². The molecule has 0 saturated carbocycles. The fourth-order valence-electron chi connectivity index (χ4n) is 1.91. The van der Waals surface area contributed by atoms with Gasteiger partial charge in [0, 0.05) is 25.5 Å². The maximum absolute atomic E-state index is 11.7. The number of nitrogens with one attached hydrogen (secondary N) is 1. The lowest BCUT2D eigenvalue weighted by molar-refractivity contribution is -0.125. The lowest BCUT2D eigenvalue weighted by atomic mass is 10.2. The van der Waals surface area contributed by atoms with Crippen molar-refractivity contribution in [2.45, 2.75) is 25.7 Å². The third-order valence-corrected chi connectivity index (χ3v) is 2.73. The molecule has 1 saturated heterocycles. The van der Waals surface area contributed by atoms with Crippen molar-refractivity contribution in [3.63, 3.8) is 0 Å². The van der Waals surface area contributed by atoms with Gasteiger partial charge in [-0.25, -0.2) is 5.01 Å². The number of amides is 1. The summed E-state index contributed by atoms with van der Waals surface area (Å²) >= 11 is 0. The number of aromatic nitrogens is 1. The van der Waals surface area contributed by atoms with Gasteiger partial charge >= 0.3 is 0 Å². The Kier molecular flexibility index (Phi) is 3.88. The summed E-state index contributed by atoms with van der Waals surface area (Å²) in [6, 6.07) is 3.77. The molecule has 4 heteroatoms. The van der Waals surface area contributed by atoms with E-state index < -0.39 is 0 Å². The van der Waals surface area contributed by atoms with Crippen LogP contribution in [-0.4, -0.2) is 29.0 Å². The molecule has 0 aromatic carbocycles. The maximum Gasteiger partial charge on any atom is 0.238 e. The molecule has 1 aromatic heterocycles. The summed E-state index contributed by atoms with van der Waals surface area (Å²) in [5.74, 6) is 0.0508. The number of hydrogen-bond donors (Lipinski definition) is 1. The first-order valence-electron chi connectivity index (χ1n) is 5.78. The van der Waals surface area contributed by atoms with Gasteiger partial charge in [0.15, 0.2) is 0 Å². The Labute approximate surface area is 95.6 Å². The van der Waals surface area contributed by atoms with Gasteiger partial charge in [0.05, 0.1) is 6.42 Å². The van der Waals surface area contributed by atoms with Gasteiger partial charge in [-0.3, -0.25) is 15.2 Å². The molecule has 0 aliphatic carbocycles. The number of nitrogens with zero attached hydrogens (tertiary/aromatic N) is 2. The predicted octanol–water partition coefficient (Wildman–Crippen LogP) is 1.14. The van der Waals surface area contributed by atoms with E-state index in [1.54, 1.807) is 12.4 Å². The van der Waals surface area contributed by atoms with E-state index in [2.05, 4.69) is 10.4 Å². The fraction of sp³-hybridized carbons (Fsp3) is 0.500. The van der Waals surface area contributed by atoms with Crippen molar-refractivity contribution in [2.24, 2.45) is 0 Å². The zero-order valence-corrected chi connectivity index (χ0v) is 9.35. The van der Waals surface area contributed by atoms with E-state index >= 15 is 0 Å². The van der Waals surface area contributed by atoms with Crippen LogP contribution in [0.15, 0.2) is 24.5 Å². The van der Waals surface area contributed by atoms with E-state index in [0.29, 0.717) is 6.42 Å². The van der Waals surface area contributed by atoms with Crippen molar-refractivity contribution in [2.75, 3.05) is 13.1 Å². The molecule has 0 atom stereocenters. The highest BCUT2D eigenvalue weighted by Crippen LogP contribution is 2.06. The molecule has 4 nitrogen and oxygen atoms in total. The number of rotatable bonds is 3. The second-order valence-corrected chi connectivity index (χ2v) is 4.12. The lowest BCUT2D eigenvalue weighted by Crippen LogP contribution is -2.45. The highest BCUT2D eigenvalue weighted by molar-refractivity contribution is 5.77. The maximum atomic E-state index is 11.7. The van der Waals surface area contributed by atoms with Gasteiger partial charge in [0.2, 0.25) is 5.91 Å². The summed E-state index contributed by atoms with van der Waals surface area (Å²) in [6.45, 7) is 1.94. The number of pyridine rings is 1. The van der Waals surface area contributed by atoms with E-state index in [4.69, 9.17) is 0 Å². The molecule has 0 spiro atoms. The third kappa shape index (κ3) is 3.31. The lowest BCUT2D eigenvalue weighted by Gasteiger charge is -2.26. The first-order valence-corrected chi connectivity index (χ1v) is 5.78. The van der Waals surface area contributed by atoms with Gasteiger partial charge in [-0.15, -0.1) is 0 Å². The van der Waals surface area contributed by atoms with Crippen molar-refractivity contribution >= 4 is 5.91 Å². The molecule has 0 unspecified atom stereocenters. The fourth-order valence-corrected chi connectivity index (χ4v) is 1.91. The van der Waals surface area contributed by atoms with Crippen LogP contribution in [0.4, 0.5) is 0 Å². The van der Waals surface area contributed by atoms with E-state index in [1.807, 2.05) is 17.1 Å². The van der Waals surface area contributed by atoms with Gasteiger partial charge in [-0.1, -0.05) is 12.5 Å². The molecule has 1 aromatic rings. The van der Waals surface area contributed by atoms with Crippen LogP contribution in [0.3, 0.4) is 0 Å². The highest BCUT2D eigenvalue weighted by atomic mass is 16.2. The summed E-state index contributed by atoms with van der Waals surface area (Å²) in [4.78, 5) is 15.7. The Morgan fingerprint density at radius 2 is 2.19 bits per heavy atom. The number of piperidine rings is 1. The summed E-state index contributed by atoms with van der Waals surface area (Å²) in [5.41, 5.74) is 3.89. The average molecular weight is 219 g/mol. The van der Waals surface area contributed by atoms with Crippen LogP contribution < -0.4 is 5.43 Å². The molecule has 1 amide bonds. The summed E-state index contributed by atoms with van der Waals surface area (Å²) in [6.07, 6.45) is 7.47. The standard InChI is InChI=1S/C12H17N3O/c16-12(9-11-5-4-6-13-10-11)14-15-7-2-1-3-8-15/h4-6,10H,1-3,7-9H2,(H,14,16). The van der Waals surface area contributed by atoms with E-state index in [1.165, 1.54) is 19.3 Å². The topological polar surface area (TPSA) is 45.2 Å². The Balaban J connectivity index is 1.80. The van der Waals surface area contributed by atoms with Crippen molar-refractivity contribution in [3.8, 4) is 0 Å². The predicted molar refractivity (Wildman–Crippen MR) is 61.5 cm³/mol. The summed E-state index contributed by atoms with van der Waals surface area (Å²) in [7, 11) is 0. The van der Waals surface area contributed by atoms with Crippen LogP contribution in [-0.2, 0) is 11.2 Å². The molecular formula is C12H17N3O. The molecule has 1 fully saturated rings. The van der Waals surface area contributed by atoms with Crippen LogP contribution in [0.2, 0.25) is 0 Å². The third-order valence-electron chi connectivity index (χ3n) is 2.73. The second kappa shape index (κ2) is 5.61. The Morgan fingerprint density at radius 1 is 1.38 bits per heavy atom. The molecule has 0 bridgehead atoms. The Bertz CT molecular complexity index is 333. The number of carbonyl (C=O) groups excluding carboxylic acids is 1. The largest absolute Gasteiger partial charge is 0.289 e. The van der Waals surface area contributed by atoms with E-state index in [-0.39, 0.29) is 5.91 Å². The number of carbonyl (C=O) groups is 1. The zero-order chi connectivity index (χ0) is 11.2. The first kappa shape index (κ1) is 11.1. The van der Waals surface area contributed by atoms with Gasteiger partial charge in [-0.05, 0) is 24.5 Å². The number of hydrazine groups is 1. The zero-order valence-electron chi connectivity index (χ0n) is 9.35. The van der Waals surface area contributed by atoms with Crippen molar-refractivity contribution in [1.29, 1.82) is 0 Å². The molecule has 1 aliphatic heterocycles. The SMILES string of the molecule is O=C(Cc1cccnc1)NN1CCCCC1. The van der Waals surface area contributed by atoms with Gasteiger partial charge in [-0.2, -0.15) is 0 Å². The van der Waals surface area contributed by atoms with Crippen LogP contribution in [0.1, 0.15) is 24.8 Å². The monoisotopic (exact) mass is 219 g/mol. The Morgan fingerprint density at radius 3 is 2.88 bits per heavy atom. The highest BCUT2D eigenvalue weighted by Gasteiger charge is 2.12. The molecule has 1 N–H and O–H groups in total. The minimum atomic E-state index is 0.0508. The summed E-state index contributed by atoms with van der Waals surface area (Å²) < 4.78 is 0. The van der Waals surface area contributed by atoms with Crippen molar-refractivity contribution in [1.82, 2.24) is 15.4 Å². The van der Waals surface area contributed by atoms with Gasteiger partial charge in [0.25, 0.3) is 0 Å². The Hall–Kier alpha value is -1.42. The van der Waals surface area contributed by atoms with Gasteiger partial charge < -0.3 is 0 Å². The summed E-state index contributed by atoms with van der Waals surface area (Å²) in [5, 5.41) is 2.02. The van der Waals surface area contributed by atoms with Crippen LogP contribution in [0, 0.1) is 0 Å². The van der Waals surface area contributed by atoms with E-state index in [9.17, 15) is 4.79 Å². The quantitative estimate of drug-likeness (QED) is 0.829. The van der Waals surface area contributed by atoms with E-state index in [0.717, 1.165) is 18.7 Å². The first-order chi connectivity index (χ1) is 7.84. The molecule has 1 aliphatic rings. The van der Waals surface area contributed by atoms with Gasteiger partial charge in [0.1, 0.15) is 0 Å². The number of hydrogen-bond acceptors (Lipinski definition) is 3. The molecule has 0 radical (unpaired) electrons.